The number of benzene rings is 3. The summed E-state index contributed by atoms with van der Waals surface area (Å²) in [7, 11) is 0. The largest absolute Gasteiger partial charge is 0.493 e. The third-order valence-corrected chi connectivity index (χ3v) is 4.73. The van der Waals surface area contributed by atoms with Crippen molar-refractivity contribution in [1.29, 1.82) is 0 Å². The van der Waals surface area contributed by atoms with Gasteiger partial charge in [-0.25, -0.2) is 4.39 Å². The molecule has 158 valence electrons. The molecular formula is C24H23FN4O2. The van der Waals surface area contributed by atoms with E-state index in [9.17, 15) is 9.18 Å². The highest BCUT2D eigenvalue weighted by Gasteiger charge is 2.12. The van der Waals surface area contributed by atoms with Crippen LogP contribution in [0.3, 0.4) is 0 Å². The lowest BCUT2D eigenvalue weighted by Crippen LogP contribution is -2.13. The van der Waals surface area contributed by atoms with Crippen molar-refractivity contribution in [3.8, 4) is 11.4 Å². The van der Waals surface area contributed by atoms with E-state index >= 15 is 0 Å². The minimum absolute atomic E-state index is 0.219. The molecule has 0 aliphatic rings. The van der Waals surface area contributed by atoms with E-state index < -0.39 is 0 Å². The molecule has 0 saturated carbocycles. The van der Waals surface area contributed by atoms with Gasteiger partial charge in [0, 0.05) is 11.3 Å². The fourth-order valence-corrected chi connectivity index (χ4v) is 3.05. The topological polar surface area (TPSA) is 69.0 Å². The Bertz CT molecular complexity index is 1220. The summed E-state index contributed by atoms with van der Waals surface area (Å²) in [6.45, 7) is 6.69. The molecule has 0 radical (unpaired) electrons. The van der Waals surface area contributed by atoms with Gasteiger partial charge in [0.1, 0.15) is 22.6 Å². The van der Waals surface area contributed by atoms with E-state index in [2.05, 4.69) is 29.4 Å². The summed E-state index contributed by atoms with van der Waals surface area (Å²) >= 11 is 0. The summed E-state index contributed by atoms with van der Waals surface area (Å²) in [6, 6.07) is 16.7. The average Bonchev–Trinajstić information content (AvgIpc) is 3.16. The third-order valence-electron chi connectivity index (χ3n) is 4.73. The zero-order valence-electron chi connectivity index (χ0n) is 17.6. The molecule has 6 nitrogen and oxygen atoms in total. The molecule has 0 atom stereocenters. The Morgan fingerprint density at radius 1 is 1.03 bits per heavy atom. The van der Waals surface area contributed by atoms with Crippen LogP contribution in [0.15, 0.2) is 60.7 Å². The molecule has 0 spiro atoms. The Labute approximate surface area is 179 Å². The first-order valence-corrected chi connectivity index (χ1v) is 10.1. The maximum absolute atomic E-state index is 13.2. The van der Waals surface area contributed by atoms with Crippen molar-refractivity contribution in [3.05, 3.63) is 77.6 Å². The highest BCUT2D eigenvalue weighted by Crippen LogP contribution is 2.23. The number of fused-ring (bicyclic) bond motifs is 1. The SMILES string of the molecule is Cc1cc2nn(-c3ccc(F)cc3)nc2cc1NC(=O)c1ccc(OCC(C)C)cc1. The standard InChI is InChI=1S/C24H23FN4O2/c1-15(2)14-31-20-10-4-17(5-11-20)24(30)26-21-13-23-22(12-16(21)3)27-29(28-23)19-8-6-18(25)7-9-19/h4-13,15H,14H2,1-3H3,(H,26,30). The molecule has 31 heavy (non-hydrogen) atoms. The first-order valence-electron chi connectivity index (χ1n) is 10.1. The van der Waals surface area contributed by atoms with Gasteiger partial charge in [0.2, 0.25) is 0 Å². The van der Waals surface area contributed by atoms with Gasteiger partial charge in [-0.2, -0.15) is 4.80 Å². The molecule has 0 aliphatic carbocycles. The van der Waals surface area contributed by atoms with Gasteiger partial charge < -0.3 is 10.1 Å². The molecule has 1 N–H and O–H groups in total. The first-order chi connectivity index (χ1) is 14.9. The predicted octanol–water partition coefficient (Wildman–Crippen LogP) is 5.16. The number of anilines is 1. The summed E-state index contributed by atoms with van der Waals surface area (Å²) in [5.74, 6) is 0.631. The molecule has 0 unspecified atom stereocenters. The van der Waals surface area contributed by atoms with Gasteiger partial charge in [0.25, 0.3) is 5.91 Å². The van der Waals surface area contributed by atoms with Crippen LogP contribution in [0, 0.1) is 18.7 Å². The van der Waals surface area contributed by atoms with Crippen LogP contribution in [0.2, 0.25) is 0 Å². The molecule has 7 heteroatoms. The number of hydrogen-bond donors (Lipinski definition) is 1. The molecule has 0 saturated heterocycles. The molecule has 1 amide bonds. The van der Waals surface area contributed by atoms with Crippen molar-refractivity contribution >= 4 is 22.6 Å². The number of halogens is 1. The fraction of sp³-hybridized carbons (Fsp3) is 0.208. The lowest BCUT2D eigenvalue weighted by molar-refractivity contribution is 0.102. The number of ether oxygens (including phenoxy) is 1. The smallest absolute Gasteiger partial charge is 0.255 e. The fourth-order valence-electron chi connectivity index (χ4n) is 3.05. The van der Waals surface area contributed by atoms with Crippen LogP contribution in [-0.4, -0.2) is 27.5 Å². The Morgan fingerprint density at radius 2 is 1.68 bits per heavy atom. The minimum atomic E-state index is -0.319. The number of rotatable bonds is 6. The molecule has 0 bridgehead atoms. The lowest BCUT2D eigenvalue weighted by atomic mass is 10.1. The molecule has 0 aliphatic heterocycles. The van der Waals surface area contributed by atoms with E-state index in [-0.39, 0.29) is 11.7 Å². The Hall–Kier alpha value is -3.74. The van der Waals surface area contributed by atoms with Crippen LogP contribution in [0.1, 0.15) is 29.8 Å². The molecular weight excluding hydrogens is 395 g/mol. The van der Waals surface area contributed by atoms with Crippen LogP contribution < -0.4 is 10.1 Å². The predicted molar refractivity (Wildman–Crippen MR) is 118 cm³/mol. The monoisotopic (exact) mass is 418 g/mol. The highest BCUT2D eigenvalue weighted by molar-refractivity contribution is 6.05. The number of amides is 1. The molecule has 0 fully saturated rings. The van der Waals surface area contributed by atoms with Gasteiger partial charge >= 0.3 is 0 Å². The number of aromatic nitrogens is 3. The Kier molecular flexibility index (Phi) is 5.66. The quantitative estimate of drug-likeness (QED) is 0.470. The maximum Gasteiger partial charge on any atom is 0.255 e. The van der Waals surface area contributed by atoms with Crippen molar-refractivity contribution in [2.24, 2.45) is 5.92 Å². The number of hydrogen-bond acceptors (Lipinski definition) is 4. The summed E-state index contributed by atoms with van der Waals surface area (Å²) < 4.78 is 18.8. The van der Waals surface area contributed by atoms with Crippen LogP contribution in [-0.2, 0) is 0 Å². The summed E-state index contributed by atoms with van der Waals surface area (Å²) in [4.78, 5) is 14.2. The van der Waals surface area contributed by atoms with E-state index in [0.717, 1.165) is 11.3 Å². The van der Waals surface area contributed by atoms with Gasteiger partial charge in [-0.05, 0) is 79.1 Å². The number of aryl methyl sites for hydroxylation is 1. The Morgan fingerprint density at radius 3 is 2.32 bits per heavy atom. The van der Waals surface area contributed by atoms with E-state index in [1.54, 1.807) is 42.5 Å². The summed E-state index contributed by atoms with van der Waals surface area (Å²) in [5.41, 5.74) is 4.02. The highest BCUT2D eigenvalue weighted by atomic mass is 19.1. The van der Waals surface area contributed by atoms with Crippen molar-refractivity contribution in [3.63, 3.8) is 0 Å². The van der Waals surface area contributed by atoms with Gasteiger partial charge in [0.15, 0.2) is 0 Å². The zero-order chi connectivity index (χ0) is 22.0. The molecule has 4 rings (SSSR count). The average molecular weight is 418 g/mol. The molecule has 1 heterocycles. The summed E-state index contributed by atoms with van der Waals surface area (Å²) in [6.07, 6.45) is 0. The second-order valence-corrected chi connectivity index (χ2v) is 7.81. The third kappa shape index (κ3) is 4.71. The van der Waals surface area contributed by atoms with E-state index in [1.807, 2.05) is 13.0 Å². The van der Waals surface area contributed by atoms with E-state index in [4.69, 9.17) is 4.74 Å². The summed E-state index contributed by atoms with van der Waals surface area (Å²) in [5, 5.41) is 11.8. The second-order valence-electron chi connectivity index (χ2n) is 7.81. The number of nitrogens with zero attached hydrogens (tertiary/aromatic N) is 3. The molecule has 4 aromatic rings. The minimum Gasteiger partial charge on any atom is -0.493 e. The molecule has 1 aromatic heterocycles. The van der Waals surface area contributed by atoms with Crippen molar-refractivity contribution < 1.29 is 13.9 Å². The van der Waals surface area contributed by atoms with Crippen LogP contribution in [0.4, 0.5) is 10.1 Å². The first kappa shape index (κ1) is 20.5. The van der Waals surface area contributed by atoms with Crippen molar-refractivity contribution in [2.75, 3.05) is 11.9 Å². The Balaban J connectivity index is 1.53. The maximum atomic E-state index is 13.2. The van der Waals surface area contributed by atoms with Crippen LogP contribution in [0.25, 0.3) is 16.7 Å². The van der Waals surface area contributed by atoms with Gasteiger partial charge in [-0.1, -0.05) is 13.8 Å². The normalized spacial score (nSPS) is 11.1. The zero-order valence-corrected chi connectivity index (χ0v) is 17.6. The van der Waals surface area contributed by atoms with Crippen LogP contribution >= 0.6 is 0 Å². The van der Waals surface area contributed by atoms with Crippen molar-refractivity contribution in [1.82, 2.24) is 15.0 Å². The molecule has 3 aromatic carbocycles. The van der Waals surface area contributed by atoms with Gasteiger partial charge in [-0.3, -0.25) is 4.79 Å². The lowest BCUT2D eigenvalue weighted by Gasteiger charge is -2.10. The van der Waals surface area contributed by atoms with E-state index in [1.165, 1.54) is 16.9 Å². The van der Waals surface area contributed by atoms with Gasteiger partial charge in [-0.15, -0.1) is 10.2 Å². The van der Waals surface area contributed by atoms with Crippen LogP contribution in [0.5, 0.6) is 5.75 Å². The second kappa shape index (κ2) is 8.55. The number of carbonyl (C=O) groups is 1. The number of nitrogens with one attached hydrogen (secondary N) is 1. The van der Waals surface area contributed by atoms with Crippen molar-refractivity contribution in [2.45, 2.75) is 20.8 Å². The van der Waals surface area contributed by atoms with E-state index in [0.29, 0.717) is 40.5 Å². The van der Waals surface area contributed by atoms with Gasteiger partial charge in [0.05, 0.1) is 12.3 Å². The number of carbonyl (C=O) groups excluding carboxylic acids is 1.